The second kappa shape index (κ2) is 7.74. The third-order valence-electron chi connectivity index (χ3n) is 3.77. The van der Waals surface area contributed by atoms with Crippen LogP contribution in [0.5, 0.6) is 0 Å². The Morgan fingerprint density at radius 1 is 1.07 bits per heavy atom. The number of carbonyl (C=O) groups is 1. The molecule has 3 aromatic rings. The summed E-state index contributed by atoms with van der Waals surface area (Å²) < 4.78 is 28.6. The highest BCUT2D eigenvalue weighted by Gasteiger charge is 2.19. The fourth-order valence-electron chi connectivity index (χ4n) is 2.20. The molecular formula is C16H14Cl2N6O3S. The number of hydrogen-bond acceptors (Lipinski definition) is 6. The van der Waals surface area contributed by atoms with E-state index >= 15 is 0 Å². The fourth-order valence-corrected chi connectivity index (χ4v) is 3.55. The van der Waals surface area contributed by atoms with Gasteiger partial charge in [0.15, 0.2) is 16.7 Å². The minimum Gasteiger partial charge on any atom is -0.321 e. The third-order valence-corrected chi connectivity index (χ3v) is 5.79. The van der Waals surface area contributed by atoms with Crippen LogP contribution < -0.4 is 10.0 Å². The zero-order valence-corrected chi connectivity index (χ0v) is 17.0. The van der Waals surface area contributed by atoms with Gasteiger partial charge in [-0.15, -0.1) is 10.2 Å². The maximum absolute atomic E-state index is 12.4. The van der Waals surface area contributed by atoms with E-state index in [1.165, 1.54) is 41.1 Å². The molecule has 0 saturated carbocycles. The third kappa shape index (κ3) is 4.24. The molecule has 0 spiro atoms. The summed E-state index contributed by atoms with van der Waals surface area (Å²) in [5.41, 5.74) is 1.13. The van der Waals surface area contributed by atoms with Crippen molar-refractivity contribution in [3.05, 3.63) is 58.0 Å². The van der Waals surface area contributed by atoms with Gasteiger partial charge >= 0.3 is 0 Å². The van der Waals surface area contributed by atoms with Crippen molar-refractivity contribution in [1.29, 1.82) is 0 Å². The number of halogens is 2. The summed E-state index contributed by atoms with van der Waals surface area (Å²) in [5, 5.41) is 14.3. The molecule has 2 aromatic heterocycles. The van der Waals surface area contributed by atoms with Gasteiger partial charge in [0.25, 0.3) is 15.9 Å². The molecule has 3 rings (SSSR count). The lowest BCUT2D eigenvalue weighted by molar-refractivity contribution is 0.102. The molecule has 0 bridgehead atoms. The first-order chi connectivity index (χ1) is 13.2. The van der Waals surface area contributed by atoms with Gasteiger partial charge in [0.1, 0.15) is 0 Å². The maximum atomic E-state index is 12.4. The summed E-state index contributed by atoms with van der Waals surface area (Å²) in [6, 6.07) is 8.38. The highest BCUT2D eigenvalue weighted by molar-refractivity contribution is 7.92. The molecule has 0 aliphatic rings. The molecule has 0 radical (unpaired) electrons. The average molecular weight is 441 g/mol. The topological polar surface area (TPSA) is 119 Å². The summed E-state index contributed by atoms with van der Waals surface area (Å²) in [5.74, 6) is -0.471. The number of amides is 1. The van der Waals surface area contributed by atoms with Crippen molar-refractivity contribution in [1.82, 2.24) is 20.0 Å². The van der Waals surface area contributed by atoms with Crippen LogP contribution in [0.2, 0.25) is 10.2 Å². The number of sulfonamides is 1. The van der Waals surface area contributed by atoms with Crippen molar-refractivity contribution in [3.63, 3.8) is 0 Å². The lowest BCUT2D eigenvalue weighted by Crippen LogP contribution is -2.15. The Balaban J connectivity index is 1.74. The molecule has 2 heterocycles. The van der Waals surface area contributed by atoms with Crippen LogP contribution >= 0.6 is 23.2 Å². The highest BCUT2D eigenvalue weighted by atomic mass is 35.5. The van der Waals surface area contributed by atoms with E-state index in [9.17, 15) is 13.2 Å². The van der Waals surface area contributed by atoms with Crippen molar-refractivity contribution < 1.29 is 13.2 Å². The molecule has 1 aromatic carbocycles. The zero-order chi connectivity index (χ0) is 20.5. The molecule has 2 N–H and O–H groups in total. The molecular weight excluding hydrogens is 427 g/mol. The zero-order valence-electron chi connectivity index (χ0n) is 14.6. The molecule has 28 heavy (non-hydrogen) atoms. The van der Waals surface area contributed by atoms with E-state index in [0.29, 0.717) is 11.4 Å². The van der Waals surface area contributed by atoms with Gasteiger partial charge in [0, 0.05) is 12.7 Å². The molecule has 0 atom stereocenters. The largest absolute Gasteiger partial charge is 0.321 e. The van der Waals surface area contributed by atoms with Gasteiger partial charge in [-0.25, -0.2) is 8.42 Å². The van der Waals surface area contributed by atoms with Crippen LogP contribution in [0.1, 0.15) is 16.2 Å². The molecule has 0 aliphatic heterocycles. The number of nitrogens with zero attached hydrogens (tertiary/aromatic N) is 4. The Bertz CT molecular complexity index is 1130. The van der Waals surface area contributed by atoms with Gasteiger partial charge in [-0.1, -0.05) is 23.2 Å². The number of hydrogen-bond donors (Lipinski definition) is 2. The summed E-state index contributed by atoms with van der Waals surface area (Å²) in [6.07, 6.45) is 0. The van der Waals surface area contributed by atoms with Gasteiger partial charge in [-0.2, -0.15) is 5.10 Å². The van der Waals surface area contributed by atoms with Gasteiger partial charge in [-0.3, -0.25) is 14.2 Å². The Morgan fingerprint density at radius 2 is 1.75 bits per heavy atom. The molecule has 12 heteroatoms. The number of carbonyl (C=O) groups excluding carboxylic acids is 1. The quantitative estimate of drug-likeness (QED) is 0.629. The highest BCUT2D eigenvalue weighted by Crippen LogP contribution is 2.22. The molecule has 0 unspecified atom stereocenters. The standard InChI is InChI=1S/C16H14Cl2N6O3S/c1-9-14(18)15(22-24(9)2)16(25)19-10-3-5-11(6-4-10)28(26,27)23-13-8-7-12(17)20-21-13/h3-8H,1-2H3,(H,19,25)(H,21,23). The van der Waals surface area contributed by atoms with Crippen LogP contribution in [0.4, 0.5) is 11.5 Å². The van der Waals surface area contributed by atoms with Crippen molar-refractivity contribution in [3.8, 4) is 0 Å². The molecule has 1 amide bonds. The van der Waals surface area contributed by atoms with E-state index in [1.807, 2.05) is 0 Å². The lowest BCUT2D eigenvalue weighted by atomic mass is 10.3. The maximum Gasteiger partial charge on any atom is 0.277 e. The number of benzene rings is 1. The summed E-state index contributed by atoms with van der Waals surface area (Å²) >= 11 is 11.7. The van der Waals surface area contributed by atoms with E-state index in [4.69, 9.17) is 23.2 Å². The molecule has 0 saturated heterocycles. The summed E-state index contributed by atoms with van der Waals surface area (Å²) in [6.45, 7) is 1.74. The predicted molar refractivity (Wildman–Crippen MR) is 105 cm³/mol. The molecule has 0 aliphatic carbocycles. The number of nitrogens with one attached hydrogen (secondary N) is 2. The second-order valence-electron chi connectivity index (χ2n) is 5.70. The molecule has 0 fully saturated rings. The van der Waals surface area contributed by atoms with Crippen LogP contribution in [-0.2, 0) is 17.1 Å². The SMILES string of the molecule is Cc1c(Cl)c(C(=O)Nc2ccc(S(=O)(=O)Nc3ccc(Cl)nn3)cc2)nn1C. The average Bonchev–Trinajstić information content (AvgIpc) is 2.91. The summed E-state index contributed by atoms with van der Waals surface area (Å²) in [4.78, 5) is 12.3. The van der Waals surface area contributed by atoms with E-state index in [2.05, 4.69) is 25.3 Å². The van der Waals surface area contributed by atoms with E-state index in [-0.39, 0.29) is 26.6 Å². The van der Waals surface area contributed by atoms with Crippen molar-refractivity contribution in [2.45, 2.75) is 11.8 Å². The fraction of sp³-hybridized carbons (Fsp3) is 0.125. The predicted octanol–water partition coefficient (Wildman–Crippen LogP) is 2.88. The van der Waals surface area contributed by atoms with Crippen molar-refractivity contribution in [2.24, 2.45) is 7.05 Å². The monoisotopic (exact) mass is 440 g/mol. The van der Waals surface area contributed by atoms with E-state index in [1.54, 1.807) is 14.0 Å². The number of rotatable bonds is 5. The van der Waals surface area contributed by atoms with E-state index in [0.717, 1.165) is 0 Å². The van der Waals surface area contributed by atoms with Gasteiger partial charge in [-0.05, 0) is 43.3 Å². The normalized spacial score (nSPS) is 11.3. The van der Waals surface area contributed by atoms with Crippen LogP contribution in [0.25, 0.3) is 0 Å². The Hall–Kier alpha value is -2.69. The van der Waals surface area contributed by atoms with E-state index < -0.39 is 15.9 Å². The Morgan fingerprint density at radius 3 is 2.29 bits per heavy atom. The van der Waals surface area contributed by atoms with Crippen LogP contribution in [-0.4, -0.2) is 34.3 Å². The minimum atomic E-state index is -3.88. The first-order valence-electron chi connectivity index (χ1n) is 7.80. The van der Waals surface area contributed by atoms with Gasteiger partial charge in [0.2, 0.25) is 0 Å². The van der Waals surface area contributed by atoms with Crippen LogP contribution in [0.15, 0.2) is 41.3 Å². The first kappa shape index (κ1) is 20.1. The number of anilines is 2. The minimum absolute atomic E-state index is 0.0195. The summed E-state index contributed by atoms with van der Waals surface area (Å²) in [7, 11) is -2.20. The Kier molecular flexibility index (Phi) is 5.54. The molecule has 9 nitrogen and oxygen atoms in total. The number of aryl methyl sites for hydroxylation is 1. The van der Waals surface area contributed by atoms with Crippen molar-refractivity contribution >= 4 is 50.6 Å². The van der Waals surface area contributed by atoms with Crippen molar-refractivity contribution in [2.75, 3.05) is 10.0 Å². The smallest absolute Gasteiger partial charge is 0.277 e. The second-order valence-corrected chi connectivity index (χ2v) is 8.14. The van der Waals surface area contributed by atoms with Gasteiger partial charge in [0.05, 0.1) is 15.6 Å². The molecule has 146 valence electrons. The first-order valence-corrected chi connectivity index (χ1v) is 10.0. The van der Waals surface area contributed by atoms with Gasteiger partial charge < -0.3 is 5.32 Å². The lowest BCUT2D eigenvalue weighted by Gasteiger charge is -2.08. The Labute approximate surface area is 170 Å². The van der Waals surface area contributed by atoms with Crippen LogP contribution in [0, 0.1) is 6.92 Å². The number of aromatic nitrogens is 4. The van der Waals surface area contributed by atoms with Crippen LogP contribution in [0.3, 0.4) is 0 Å².